The summed E-state index contributed by atoms with van der Waals surface area (Å²) in [5.74, 6) is 5.69. The molecule has 0 saturated heterocycles. The number of rotatable bonds is 3. The van der Waals surface area contributed by atoms with Crippen molar-refractivity contribution in [1.82, 2.24) is 0 Å². The van der Waals surface area contributed by atoms with E-state index in [1.807, 2.05) is 19.9 Å². The first kappa shape index (κ1) is 12.1. The number of nitrogens with zero attached hydrogens (tertiary/aromatic N) is 2. The van der Waals surface area contributed by atoms with Gasteiger partial charge in [0.2, 0.25) is 0 Å². The molecule has 0 aliphatic carbocycles. The Morgan fingerprint density at radius 2 is 2.14 bits per heavy atom. The molecule has 0 aromatic rings. The highest BCUT2D eigenvalue weighted by atomic mass is 14.8. The fourth-order valence-corrected chi connectivity index (χ4v) is 0.610. The average Bonchev–Trinajstić information content (AvgIpc) is 2.18. The zero-order chi connectivity index (χ0) is 10.6. The van der Waals surface area contributed by atoms with Gasteiger partial charge in [-0.25, -0.2) is 0 Å². The van der Waals surface area contributed by atoms with Crippen LogP contribution in [0.2, 0.25) is 0 Å². The lowest BCUT2D eigenvalue weighted by atomic mass is 10.4. The molecule has 0 bridgehead atoms. The summed E-state index contributed by atoms with van der Waals surface area (Å²) in [7, 11) is 0. The van der Waals surface area contributed by atoms with Crippen molar-refractivity contribution in [3.8, 4) is 11.8 Å². The lowest BCUT2D eigenvalue weighted by Crippen LogP contribution is -1.73. The van der Waals surface area contributed by atoms with Crippen LogP contribution in [0.25, 0.3) is 0 Å². The molecular formula is C12H14N2. The molecule has 2 heteroatoms. The third kappa shape index (κ3) is 6.81. The van der Waals surface area contributed by atoms with Gasteiger partial charge in [0, 0.05) is 12.4 Å². The SMILES string of the molecule is C=CC=N/C=C(/C#CC=CC)N=CC. The topological polar surface area (TPSA) is 24.7 Å². The van der Waals surface area contributed by atoms with Crippen molar-refractivity contribution in [3.05, 3.63) is 36.7 Å². The van der Waals surface area contributed by atoms with Crippen molar-refractivity contribution in [3.63, 3.8) is 0 Å². The largest absolute Gasteiger partial charge is 0.262 e. The molecule has 0 radical (unpaired) electrons. The lowest BCUT2D eigenvalue weighted by Gasteiger charge is -1.84. The predicted molar refractivity (Wildman–Crippen MR) is 63.5 cm³/mol. The van der Waals surface area contributed by atoms with E-state index >= 15 is 0 Å². The number of allylic oxidation sites excluding steroid dienone is 4. The second-order valence-electron chi connectivity index (χ2n) is 2.20. The summed E-state index contributed by atoms with van der Waals surface area (Å²) in [4.78, 5) is 7.99. The summed E-state index contributed by atoms with van der Waals surface area (Å²) in [6.45, 7) is 7.26. The molecule has 0 fully saturated rings. The first-order chi connectivity index (χ1) is 6.85. The monoisotopic (exact) mass is 186 g/mol. The molecule has 2 nitrogen and oxygen atoms in total. The smallest absolute Gasteiger partial charge is 0.131 e. The molecule has 0 aliphatic rings. The summed E-state index contributed by atoms with van der Waals surface area (Å²) in [5, 5.41) is 0. The van der Waals surface area contributed by atoms with Crippen molar-refractivity contribution in [1.29, 1.82) is 0 Å². The predicted octanol–water partition coefficient (Wildman–Crippen LogP) is 2.75. The maximum atomic E-state index is 4.05. The van der Waals surface area contributed by atoms with Gasteiger partial charge in [-0.05, 0) is 25.8 Å². The quantitative estimate of drug-likeness (QED) is 0.478. The van der Waals surface area contributed by atoms with E-state index in [0.29, 0.717) is 5.70 Å². The zero-order valence-corrected chi connectivity index (χ0v) is 8.57. The van der Waals surface area contributed by atoms with E-state index in [9.17, 15) is 0 Å². The van der Waals surface area contributed by atoms with Crippen LogP contribution in [0.3, 0.4) is 0 Å². The molecule has 0 N–H and O–H groups in total. The molecule has 0 aliphatic heterocycles. The third-order valence-corrected chi connectivity index (χ3v) is 1.11. The van der Waals surface area contributed by atoms with E-state index in [4.69, 9.17) is 0 Å². The molecule has 14 heavy (non-hydrogen) atoms. The number of hydrogen-bond acceptors (Lipinski definition) is 2. The highest BCUT2D eigenvalue weighted by Crippen LogP contribution is 1.93. The lowest BCUT2D eigenvalue weighted by molar-refractivity contribution is 1.39. The molecular weight excluding hydrogens is 172 g/mol. The molecule has 0 aromatic carbocycles. The van der Waals surface area contributed by atoms with Crippen LogP contribution >= 0.6 is 0 Å². The van der Waals surface area contributed by atoms with Gasteiger partial charge in [-0.15, -0.1) is 0 Å². The fraction of sp³-hybridized carbons (Fsp3) is 0.167. The van der Waals surface area contributed by atoms with Crippen molar-refractivity contribution in [2.75, 3.05) is 0 Å². The van der Waals surface area contributed by atoms with Crippen molar-refractivity contribution in [2.24, 2.45) is 9.98 Å². The Kier molecular flexibility index (Phi) is 7.97. The van der Waals surface area contributed by atoms with Gasteiger partial charge in [0.1, 0.15) is 5.70 Å². The molecule has 0 saturated carbocycles. The second-order valence-corrected chi connectivity index (χ2v) is 2.20. The Morgan fingerprint density at radius 3 is 2.71 bits per heavy atom. The van der Waals surface area contributed by atoms with Gasteiger partial charge in [0.15, 0.2) is 0 Å². The third-order valence-electron chi connectivity index (χ3n) is 1.11. The minimum Gasteiger partial charge on any atom is -0.262 e. The van der Waals surface area contributed by atoms with Crippen LogP contribution in [-0.2, 0) is 0 Å². The van der Waals surface area contributed by atoms with Crippen molar-refractivity contribution in [2.45, 2.75) is 13.8 Å². The van der Waals surface area contributed by atoms with E-state index in [-0.39, 0.29) is 0 Å². The van der Waals surface area contributed by atoms with Crippen LogP contribution in [0, 0.1) is 11.8 Å². The van der Waals surface area contributed by atoms with E-state index in [0.717, 1.165) is 0 Å². The van der Waals surface area contributed by atoms with E-state index < -0.39 is 0 Å². The first-order valence-corrected chi connectivity index (χ1v) is 4.31. The number of aliphatic imine (C=N–C) groups is 2. The zero-order valence-electron chi connectivity index (χ0n) is 8.57. The molecule has 0 unspecified atom stereocenters. The normalized spacial score (nSPS) is 12.3. The van der Waals surface area contributed by atoms with Gasteiger partial charge in [-0.2, -0.15) is 0 Å². The Labute approximate surface area is 85.5 Å². The second kappa shape index (κ2) is 9.21. The summed E-state index contributed by atoms with van der Waals surface area (Å²) < 4.78 is 0. The minimum atomic E-state index is 0.628. The van der Waals surface area contributed by atoms with Gasteiger partial charge < -0.3 is 0 Å². The van der Waals surface area contributed by atoms with Crippen LogP contribution in [0.15, 0.2) is 46.7 Å². The van der Waals surface area contributed by atoms with Gasteiger partial charge in [-0.3, -0.25) is 9.98 Å². The average molecular weight is 186 g/mol. The van der Waals surface area contributed by atoms with Crippen molar-refractivity contribution < 1.29 is 0 Å². The standard InChI is InChI=1S/C12H14N2/c1-4-7-8-9-12(14-6-3)11-13-10-5-2/h4-7,10-11H,2H2,1,3H3/b7-4?,12-11-,13-10?,14-6?. The Bertz CT molecular complexity index is 333. The van der Waals surface area contributed by atoms with E-state index in [1.54, 1.807) is 30.8 Å². The van der Waals surface area contributed by atoms with Gasteiger partial charge >= 0.3 is 0 Å². The summed E-state index contributed by atoms with van der Waals surface area (Å²) in [6, 6.07) is 0. The van der Waals surface area contributed by atoms with Crippen LogP contribution in [0.1, 0.15) is 13.8 Å². The van der Waals surface area contributed by atoms with Crippen LogP contribution in [0.4, 0.5) is 0 Å². The highest BCUT2D eigenvalue weighted by Gasteiger charge is 1.81. The van der Waals surface area contributed by atoms with Gasteiger partial charge in [0.05, 0.1) is 6.20 Å². The molecule has 0 amide bonds. The first-order valence-electron chi connectivity index (χ1n) is 4.31. The Morgan fingerprint density at radius 1 is 1.36 bits per heavy atom. The Balaban J connectivity index is 4.61. The summed E-state index contributed by atoms with van der Waals surface area (Å²) in [5.41, 5.74) is 0.628. The highest BCUT2D eigenvalue weighted by molar-refractivity contribution is 5.70. The number of hydrogen-bond donors (Lipinski definition) is 0. The van der Waals surface area contributed by atoms with Crippen LogP contribution in [-0.4, -0.2) is 12.4 Å². The molecule has 0 atom stereocenters. The van der Waals surface area contributed by atoms with Gasteiger partial charge in [0.25, 0.3) is 0 Å². The van der Waals surface area contributed by atoms with Crippen LogP contribution < -0.4 is 0 Å². The maximum absolute atomic E-state index is 4.05. The molecule has 72 valence electrons. The molecule has 0 spiro atoms. The maximum Gasteiger partial charge on any atom is 0.131 e. The fourth-order valence-electron chi connectivity index (χ4n) is 0.610. The molecule has 0 aromatic heterocycles. The van der Waals surface area contributed by atoms with E-state index in [2.05, 4.69) is 28.4 Å². The van der Waals surface area contributed by atoms with E-state index in [1.165, 1.54) is 0 Å². The minimum absolute atomic E-state index is 0.628. The molecule has 0 rings (SSSR count). The Hall–Kier alpha value is -1.88. The van der Waals surface area contributed by atoms with Crippen molar-refractivity contribution >= 4 is 12.4 Å². The van der Waals surface area contributed by atoms with Gasteiger partial charge in [-0.1, -0.05) is 24.7 Å². The summed E-state index contributed by atoms with van der Waals surface area (Å²) >= 11 is 0. The van der Waals surface area contributed by atoms with Crippen LogP contribution in [0.5, 0.6) is 0 Å². The summed E-state index contributed by atoms with van der Waals surface area (Å²) in [6.07, 6.45) is 10.1. The molecule has 0 heterocycles.